The zero-order chi connectivity index (χ0) is 14.0. The van der Waals surface area contributed by atoms with E-state index in [1.54, 1.807) is 23.7 Å². The van der Waals surface area contributed by atoms with Crippen LogP contribution >= 0.6 is 0 Å². The van der Waals surface area contributed by atoms with Crippen LogP contribution in [0.25, 0.3) is 0 Å². The highest BCUT2D eigenvalue weighted by molar-refractivity contribution is 5.70. The molecule has 19 heavy (non-hydrogen) atoms. The van der Waals surface area contributed by atoms with Crippen molar-refractivity contribution >= 4 is 5.97 Å². The molecular formula is C14H16N2O3. The van der Waals surface area contributed by atoms with Crippen molar-refractivity contribution in [3.8, 4) is 5.75 Å². The first-order valence-electron chi connectivity index (χ1n) is 6.00. The SMILES string of the molecule is Cc1nn(Cc2ccccc2O)c(C)c1CC(=O)O. The largest absolute Gasteiger partial charge is 0.508 e. The van der Waals surface area contributed by atoms with Crippen LogP contribution in [-0.4, -0.2) is 26.0 Å². The van der Waals surface area contributed by atoms with Crippen molar-refractivity contribution in [2.45, 2.75) is 26.8 Å². The number of hydrogen-bond acceptors (Lipinski definition) is 3. The molecule has 2 aromatic rings. The number of aliphatic carboxylic acids is 1. The molecule has 0 unspecified atom stereocenters. The second kappa shape index (κ2) is 5.14. The summed E-state index contributed by atoms with van der Waals surface area (Å²) in [4.78, 5) is 10.8. The summed E-state index contributed by atoms with van der Waals surface area (Å²) >= 11 is 0. The third-order valence-electron chi connectivity index (χ3n) is 3.17. The Morgan fingerprint density at radius 2 is 2.00 bits per heavy atom. The molecule has 0 fully saturated rings. The molecule has 0 radical (unpaired) electrons. The third-order valence-corrected chi connectivity index (χ3v) is 3.17. The lowest BCUT2D eigenvalue weighted by Gasteiger charge is -2.07. The summed E-state index contributed by atoms with van der Waals surface area (Å²) in [5, 5.41) is 23.0. The Morgan fingerprint density at radius 3 is 2.63 bits per heavy atom. The van der Waals surface area contributed by atoms with Crippen molar-refractivity contribution < 1.29 is 15.0 Å². The summed E-state index contributed by atoms with van der Waals surface area (Å²) in [5.74, 6) is -0.650. The Labute approximate surface area is 111 Å². The Hall–Kier alpha value is -2.30. The highest BCUT2D eigenvalue weighted by Gasteiger charge is 2.15. The van der Waals surface area contributed by atoms with Gasteiger partial charge in [-0.2, -0.15) is 5.10 Å². The van der Waals surface area contributed by atoms with E-state index in [1.807, 2.05) is 19.1 Å². The number of benzene rings is 1. The molecule has 0 atom stereocenters. The van der Waals surface area contributed by atoms with E-state index in [4.69, 9.17) is 5.11 Å². The summed E-state index contributed by atoms with van der Waals surface area (Å²) in [5.41, 5.74) is 3.04. The van der Waals surface area contributed by atoms with Crippen molar-refractivity contribution in [2.75, 3.05) is 0 Å². The molecule has 2 N–H and O–H groups in total. The number of phenols is 1. The fourth-order valence-corrected chi connectivity index (χ4v) is 2.10. The van der Waals surface area contributed by atoms with Crippen molar-refractivity contribution in [3.63, 3.8) is 0 Å². The molecule has 0 aliphatic rings. The molecule has 0 bridgehead atoms. The lowest BCUT2D eigenvalue weighted by molar-refractivity contribution is -0.136. The van der Waals surface area contributed by atoms with Crippen LogP contribution in [0.15, 0.2) is 24.3 Å². The highest BCUT2D eigenvalue weighted by Crippen LogP contribution is 2.20. The number of aromatic hydroxyl groups is 1. The number of rotatable bonds is 4. The van der Waals surface area contributed by atoms with Crippen molar-refractivity contribution in [2.24, 2.45) is 0 Å². The van der Waals surface area contributed by atoms with Crippen LogP contribution in [0.5, 0.6) is 5.75 Å². The van der Waals surface area contributed by atoms with E-state index in [1.165, 1.54) is 0 Å². The van der Waals surface area contributed by atoms with Crippen molar-refractivity contribution in [1.82, 2.24) is 9.78 Å². The Morgan fingerprint density at radius 1 is 1.32 bits per heavy atom. The average Bonchev–Trinajstić information content (AvgIpc) is 2.60. The van der Waals surface area contributed by atoms with Gasteiger partial charge in [-0.05, 0) is 19.9 Å². The smallest absolute Gasteiger partial charge is 0.307 e. The number of aromatic nitrogens is 2. The molecule has 5 nitrogen and oxygen atoms in total. The molecular weight excluding hydrogens is 244 g/mol. The molecule has 1 aromatic heterocycles. The molecule has 0 aliphatic carbocycles. The number of para-hydroxylation sites is 1. The molecule has 1 heterocycles. The number of hydrogen-bond donors (Lipinski definition) is 2. The quantitative estimate of drug-likeness (QED) is 0.880. The summed E-state index contributed by atoms with van der Waals surface area (Å²) in [7, 11) is 0. The Balaban J connectivity index is 2.32. The Bertz CT molecular complexity index is 617. The van der Waals surface area contributed by atoms with Crippen LogP contribution in [0, 0.1) is 13.8 Å². The van der Waals surface area contributed by atoms with E-state index in [0.29, 0.717) is 6.54 Å². The first kappa shape index (κ1) is 13.1. The number of carboxylic acid groups (broad SMARTS) is 1. The minimum absolute atomic E-state index is 0.0293. The number of phenolic OH excluding ortho intramolecular Hbond substituents is 1. The third kappa shape index (κ3) is 2.76. The fraction of sp³-hybridized carbons (Fsp3) is 0.286. The predicted molar refractivity (Wildman–Crippen MR) is 70.2 cm³/mol. The van der Waals surface area contributed by atoms with Crippen LogP contribution in [0.3, 0.4) is 0 Å². The van der Waals surface area contributed by atoms with Gasteiger partial charge in [-0.1, -0.05) is 18.2 Å². The first-order valence-corrected chi connectivity index (χ1v) is 6.00. The molecule has 0 spiro atoms. The summed E-state index contributed by atoms with van der Waals surface area (Å²) in [6.07, 6.45) is -0.0293. The van der Waals surface area contributed by atoms with Gasteiger partial charge in [-0.3, -0.25) is 9.48 Å². The minimum Gasteiger partial charge on any atom is -0.508 e. The maximum atomic E-state index is 10.8. The van der Waals surface area contributed by atoms with Gasteiger partial charge >= 0.3 is 5.97 Å². The molecule has 1 aromatic carbocycles. The van der Waals surface area contributed by atoms with Crippen molar-refractivity contribution in [3.05, 3.63) is 46.8 Å². The van der Waals surface area contributed by atoms with Gasteiger partial charge in [0, 0.05) is 16.8 Å². The van der Waals surface area contributed by atoms with Gasteiger partial charge in [-0.15, -0.1) is 0 Å². The van der Waals surface area contributed by atoms with E-state index in [9.17, 15) is 9.90 Å². The van der Waals surface area contributed by atoms with Gasteiger partial charge in [-0.25, -0.2) is 0 Å². The number of aryl methyl sites for hydroxylation is 1. The normalized spacial score (nSPS) is 10.6. The van der Waals surface area contributed by atoms with Gasteiger partial charge in [0.25, 0.3) is 0 Å². The van der Waals surface area contributed by atoms with Gasteiger partial charge in [0.1, 0.15) is 5.75 Å². The van der Waals surface area contributed by atoms with Gasteiger partial charge in [0.2, 0.25) is 0 Å². The number of carbonyl (C=O) groups is 1. The minimum atomic E-state index is -0.867. The zero-order valence-corrected chi connectivity index (χ0v) is 10.9. The van der Waals surface area contributed by atoms with Gasteiger partial charge in [0.05, 0.1) is 18.7 Å². The number of nitrogens with zero attached hydrogens (tertiary/aromatic N) is 2. The Kier molecular flexibility index (Phi) is 3.55. The molecule has 2 rings (SSSR count). The molecule has 5 heteroatoms. The summed E-state index contributed by atoms with van der Waals surface area (Å²) in [6, 6.07) is 7.05. The van der Waals surface area contributed by atoms with E-state index in [0.717, 1.165) is 22.5 Å². The maximum Gasteiger partial charge on any atom is 0.307 e. The van der Waals surface area contributed by atoms with Crippen LogP contribution < -0.4 is 0 Å². The zero-order valence-electron chi connectivity index (χ0n) is 10.9. The van der Waals surface area contributed by atoms with Crippen molar-refractivity contribution in [1.29, 1.82) is 0 Å². The molecule has 0 aliphatic heterocycles. The lowest BCUT2D eigenvalue weighted by Crippen LogP contribution is -2.06. The van der Waals surface area contributed by atoms with Crippen LogP contribution in [-0.2, 0) is 17.8 Å². The predicted octanol–water partition coefficient (Wildman–Crippen LogP) is 1.88. The van der Waals surface area contributed by atoms with Crippen LogP contribution in [0.2, 0.25) is 0 Å². The molecule has 0 saturated carbocycles. The molecule has 0 amide bonds. The molecule has 0 saturated heterocycles. The summed E-state index contributed by atoms with van der Waals surface area (Å²) < 4.78 is 1.72. The van der Waals surface area contributed by atoms with E-state index < -0.39 is 5.97 Å². The van der Waals surface area contributed by atoms with Gasteiger partial charge in [0.15, 0.2) is 0 Å². The second-order valence-electron chi connectivity index (χ2n) is 4.51. The fourth-order valence-electron chi connectivity index (χ4n) is 2.10. The monoisotopic (exact) mass is 260 g/mol. The van der Waals surface area contributed by atoms with E-state index in [2.05, 4.69) is 5.10 Å². The number of carboxylic acids is 1. The second-order valence-corrected chi connectivity index (χ2v) is 4.51. The van der Waals surface area contributed by atoms with Gasteiger partial charge < -0.3 is 10.2 Å². The van der Waals surface area contributed by atoms with Crippen LogP contribution in [0.1, 0.15) is 22.5 Å². The standard InChI is InChI=1S/C14H16N2O3/c1-9-12(7-14(18)19)10(2)16(15-9)8-11-5-3-4-6-13(11)17/h3-6,17H,7-8H2,1-2H3,(H,18,19). The highest BCUT2D eigenvalue weighted by atomic mass is 16.4. The topological polar surface area (TPSA) is 75.3 Å². The van der Waals surface area contributed by atoms with Crippen LogP contribution in [0.4, 0.5) is 0 Å². The maximum absolute atomic E-state index is 10.8. The average molecular weight is 260 g/mol. The first-order chi connectivity index (χ1) is 8.99. The lowest BCUT2D eigenvalue weighted by atomic mass is 10.1. The van der Waals surface area contributed by atoms with E-state index in [-0.39, 0.29) is 12.2 Å². The molecule has 100 valence electrons. The van der Waals surface area contributed by atoms with E-state index >= 15 is 0 Å². The summed E-state index contributed by atoms with van der Waals surface area (Å²) in [6.45, 7) is 4.07.